The summed E-state index contributed by atoms with van der Waals surface area (Å²) in [6.07, 6.45) is 14.6. The molecule has 0 aromatic heterocycles. The van der Waals surface area contributed by atoms with Gasteiger partial charge in [-0.05, 0) is 79.4 Å². The van der Waals surface area contributed by atoms with Crippen LogP contribution in [-0.2, 0) is 18.9 Å². The van der Waals surface area contributed by atoms with E-state index in [0.717, 1.165) is 42.4 Å². The Morgan fingerprint density at radius 1 is 0.878 bits per heavy atom. The van der Waals surface area contributed by atoms with Crippen LogP contribution in [0.3, 0.4) is 0 Å². The van der Waals surface area contributed by atoms with Gasteiger partial charge in [-0.2, -0.15) is 0 Å². The van der Waals surface area contributed by atoms with Crippen molar-refractivity contribution < 1.29 is 29.2 Å². The summed E-state index contributed by atoms with van der Waals surface area (Å²) < 4.78 is 23.1. The van der Waals surface area contributed by atoms with Crippen molar-refractivity contribution in [1.29, 1.82) is 0 Å². The summed E-state index contributed by atoms with van der Waals surface area (Å²) in [6.45, 7) is 15.9. The van der Waals surface area contributed by atoms with Gasteiger partial charge in [-0.15, -0.1) is 0 Å². The lowest BCUT2D eigenvalue weighted by atomic mass is 9.46. The maximum Gasteiger partial charge on any atom is 0.0704 e. The molecule has 0 aliphatic heterocycles. The molecule has 0 heterocycles. The lowest BCUT2D eigenvalue weighted by Crippen LogP contribution is -2.56. The molecule has 1 unspecified atom stereocenters. The molecule has 4 aliphatic rings. The first kappa shape index (κ1) is 33.4. The molecular formula is C35H62O6. The third-order valence-corrected chi connectivity index (χ3v) is 11.9. The second-order valence-electron chi connectivity index (χ2n) is 14.7. The molecule has 2 N–H and O–H groups in total. The highest BCUT2D eigenvalue weighted by Crippen LogP contribution is 2.67. The molecule has 0 radical (unpaired) electrons. The van der Waals surface area contributed by atoms with Gasteiger partial charge >= 0.3 is 0 Å². The zero-order chi connectivity index (χ0) is 29.5. The number of hydrogen-bond donors (Lipinski definition) is 2. The van der Waals surface area contributed by atoms with Gasteiger partial charge in [0.05, 0.1) is 65.1 Å². The van der Waals surface area contributed by atoms with E-state index >= 15 is 0 Å². The molecule has 9 atom stereocenters. The number of allylic oxidation sites excluding steroid dienone is 1. The van der Waals surface area contributed by atoms with Crippen molar-refractivity contribution >= 4 is 0 Å². The number of aliphatic hydroxyl groups excluding tert-OH is 2. The van der Waals surface area contributed by atoms with Crippen LogP contribution >= 0.6 is 0 Å². The van der Waals surface area contributed by atoms with Crippen molar-refractivity contribution in [3.63, 3.8) is 0 Å². The van der Waals surface area contributed by atoms with E-state index in [-0.39, 0.29) is 24.2 Å². The van der Waals surface area contributed by atoms with Crippen LogP contribution in [0.2, 0.25) is 0 Å². The molecule has 0 amide bonds. The van der Waals surface area contributed by atoms with Crippen LogP contribution in [0.15, 0.2) is 11.6 Å². The van der Waals surface area contributed by atoms with Gasteiger partial charge in [0.25, 0.3) is 0 Å². The first-order valence-electron chi connectivity index (χ1n) is 17.0. The van der Waals surface area contributed by atoms with Gasteiger partial charge in [0.2, 0.25) is 0 Å². The Balaban J connectivity index is 1.31. The average molecular weight is 579 g/mol. The standard InChI is InChI=1S/C35H62O6/c1-25(2)7-6-8-26(3)30-11-12-31-29-10-9-27-23-28(37)24-33(35(27,5)32(29)13-14-34(30,31)4)41-22-21-40-20-19-39-18-17-38-16-15-36/h9,25-26,28-33,36-37H,6-8,10-24H2,1-5H3/t26-,28-,29+,30-,31+,32+,33?,34-,35+/m1/s1. The summed E-state index contributed by atoms with van der Waals surface area (Å²) in [6, 6.07) is 0. The second kappa shape index (κ2) is 15.5. The third-order valence-electron chi connectivity index (χ3n) is 11.9. The Morgan fingerprint density at radius 2 is 1.56 bits per heavy atom. The van der Waals surface area contributed by atoms with Crippen LogP contribution in [-0.4, -0.2) is 75.3 Å². The maximum atomic E-state index is 10.8. The summed E-state index contributed by atoms with van der Waals surface area (Å²) in [5, 5.41) is 19.5. The smallest absolute Gasteiger partial charge is 0.0704 e. The van der Waals surface area contributed by atoms with Crippen molar-refractivity contribution in [2.24, 2.45) is 46.3 Å². The fraction of sp³-hybridized carbons (Fsp3) is 0.943. The van der Waals surface area contributed by atoms with Crippen molar-refractivity contribution in [2.75, 3.05) is 52.9 Å². The number of rotatable bonds is 17. The molecule has 0 aromatic carbocycles. The molecule has 3 saturated carbocycles. The van der Waals surface area contributed by atoms with E-state index in [4.69, 9.17) is 24.1 Å². The van der Waals surface area contributed by atoms with Crippen LogP contribution in [0.4, 0.5) is 0 Å². The molecule has 0 aromatic rings. The van der Waals surface area contributed by atoms with Gasteiger partial charge < -0.3 is 29.2 Å². The van der Waals surface area contributed by atoms with Gasteiger partial charge in [0.1, 0.15) is 0 Å². The topological polar surface area (TPSA) is 77.4 Å². The van der Waals surface area contributed by atoms with E-state index in [9.17, 15) is 5.11 Å². The molecule has 4 rings (SSSR count). The van der Waals surface area contributed by atoms with Gasteiger partial charge in [-0.3, -0.25) is 0 Å². The first-order chi connectivity index (χ1) is 19.7. The van der Waals surface area contributed by atoms with Gasteiger partial charge in [0, 0.05) is 11.8 Å². The van der Waals surface area contributed by atoms with E-state index in [1.54, 1.807) is 0 Å². The lowest BCUT2D eigenvalue weighted by Gasteiger charge is -2.60. The highest BCUT2D eigenvalue weighted by atomic mass is 16.6. The van der Waals surface area contributed by atoms with Crippen molar-refractivity contribution in [3.05, 3.63) is 11.6 Å². The van der Waals surface area contributed by atoms with Crippen LogP contribution < -0.4 is 0 Å². The van der Waals surface area contributed by atoms with Crippen molar-refractivity contribution in [3.8, 4) is 0 Å². The molecule has 3 fully saturated rings. The molecule has 238 valence electrons. The monoisotopic (exact) mass is 578 g/mol. The third kappa shape index (κ3) is 7.78. The highest BCUT2D eigenvalue weighted by Gasteiger charge is 2.61. The predicted octanol–water partition coefficient (Wildman–Crippen LogP) is 6.43. The molecule has 6 heteroatoms. The summed E-state index contributed by atoms with van der Waals surface area (Å²) in [5.74, 6) is 4.72. The minimum absolute atomic E-state index is 0.0160. The fourth-order valence-corrected chi connectivity index (χ4v) is 9.80. The Hall–Kier alpha value is -0.500. The van der Waals surface area contributed by atoms with E-state index in [2.05, 4.69) is 40.7 Å². The first-order valence-corrected chi connectivity index (χ1v) is 17.0. The number of ether oxygens (including phenoxy) is 4. The zero-order valence-corrected chi connectivity index (χ0v) is 27.0. The minimum atomic E-state index is -0.311. The quantitative estimate of drug-likeness (QED) is 0.153. The van der Waals surface area contributed by atoms with Gasteiger partial charge in [-0.1, -0.05) is 65.5 Å². The summed E-state index contributed by atoms with van der Waals surface area (Å²) >= 11 is 0. The Bertz CT molecular complexity index is 814. The summed E-state index contributed by atoms with van der Waals surface area (Å²) in [5.41, 5.74) is 1.95. The molecule has 4 aliphatic carbocycles. The molecule has 0 spiro atoms. The largest absolute Gasteiger partial charge is 0.394 e. The highest BCUT2D eigenvalue weighted by molar-refractivity contribution is 5.28. The minimum Gasteiger partial charge on any atom is -0.394 e. The number of fused-ring (bicyclic) bond motifs is 5. The summed E-state index contributed by atoms with van der Waals surface area (Å²) in [4.78, 5) is 0. The second-order valence-corrected chi connectivity index (χ2v) is 14.7. The molecule has 0 saturated heterocycles. The van der Waals surface area contributed by atoms with Crippen LogP contribution in [0, 0.1) is 46.3 Å². The van der Waals surface area contributed by atoms with E-state index in [0.29, 0.717) is 57.6 Å². The Morgan fingerprint density at radius 3 is 2.24 bits per heavy atom. The molecule has 0 bridgehead atoms. The van der Waals surface area contributed by atoms with Gasteiger partial charge in [0.15, 0.2) is 0 Å². The number of aliphatic hydroxyl groups is 2. The lowest BCUT2D eigenvalue weighted by molar-refractivity contribution is -0.137. The van der Waals surface area contributed by atoms with Gasteiger partial charge in [-0.25, -0.2) is 0 Å². The number of hydrogen-bond acceptors (Lipinski definition) is 6. The summed E-state index contributed by atoms with van der Waals surface area (Å²) in [7, 11) is 0. The van der Waals surface area contributed by atoms with E-state index < -0.39 is 0 Å². The SMILES string of the molecule is CC(C)CCC[C@@H](C)[C@H]1CC[C@H]2[C@@H]3CC=C4C[C@@H](O)CC(OCCOCCOCCOCCO)[C@]4(C)[C@H]3CC[C@]12C. The van der Waals surface area contributed by atoms with Crippen molar-refractivity contribution in [1.82, 2.24) is 0 Å². The normalized spacial score (nSPS) is 37.4. The molecule has 41 heavy (non-hydrogen) atoms. The van der Waals surface area contributed by atoms with E-state index in [1.165, 1.54) is 56.9 Å². The zero-order valence-electron chi connectivity index (χ0n) is 27.0. The maximum absolute atomic E-state index is 10.8. The molecular weight excluding hydrogens is 516 g/mol. The van der Waals surface area contributed by atoms with Crippen LogP contribution in [0.25, 0.3) is 0 Å². The van der Waals surface area contributed by atoms with Crippen LogP contribution in [0.5, 0.6) is 0 Å². The predicted molar refractivity (Wildman–Crippen MR) is 164 cm³/mol. The van der Waals surface area contributed by atoms with E-state index in [1.807, 2.05) is 0 Å². The average Bonchev–Trinajstić information content (AvgIpc) is 3.29. The fourth-order valence-electron chi connectivity index (χ4n) is 9.80. The van der Waals surface area contributed by atoms with Crippen molar-refractivity contribution in [2.45, 2.75) is 111 Å². The Kier molecular flexibility index (Phi) is 12.6. The van der Waals surface area contributed by atoms with Crippen LogP contribution in [0.1, 0.15) is 98.8 Å². The Labute approximate surface area is 250 Å². The molecule has 6 nitrogen and oxygen atoms in total.